The number of rotatable bonds is 17. The van der Waals surface area contributed by atoms with E-state index in [1.54, 1.807) is 36.4 Å². The summed E-state index contributed by atoms with van der Waals surface area (Å²) in [5, 5.41) is 0. The Morgan fingerprint density at radius 1 is 0.765 bits per heavy atom. The van der Waals surface area contributed by atoms with Crippen LogP contribution >= 0.6 is 0 Å². The van der Waals surface area contributed by atoms with Crippen LogP contribution in [0.4, 0.5) is 4.39 Å². The minimum absolute atomic E-state index is 0.00937. The molecular formula is C29H41FO4. The lowest BCUT2D eigenvalue weighted by Crippen LogP contribution is -2.15. The summed E-state index contributed by atoms with van der Waals surface area (Å²) in [4.78, 5) is 12.4. The lowest BCUT2D eigenvalue weighted by molar-refractivity contribution is 0.0734. The molecular weight excluding hydrogens is 431 g/mol. The first-order valence-electron chi connectivity index (χ1n) is 12.8. The molecule has 4 nitrogen and oxygen atoms in total. The van der Waals surface area contributed by atoms with E-state index in [4.69, 9.17) is 14.2 Å². The predicted octanol–water partition coefficient (Wildman–Crippen LogP) is 8.19. The summed E-state index contributed by atoms with van der Waals surface area (Å²) in [7, 11) is 0. The molecule has 0 aromatic heterocycles. The lowest BCUT2D eigenvalue weighted by Gasteiger charge is -2.12. The molecule has 1 unspecified atom stereocenters. The Labute approximate surface area is 204 Å². The second kappa shape index (κ2) is 16.1. The normalized spacial score (nSPS) is 11.9. The summed E-state index contributed by atoms with van der Waals surface area (Å²) in [6, 6.07) is 13.6. The van der Waals surface area contributed by atoms with Gasteiger partial charge in [-0.15, -0.1) is 0 Å². The van der Waals surface area contributed by atoms with Crippen LogP contribution < -0.4 is 14.2 Å². The fourth-order valence-electron chi connectivity index (χ4n) is 3.65. The van der Waals surface area contributed by atoms with Crippen molar-refractivity contribution in [3.05, 3.63) is 54.1 Å². The van der Waals surface area contributed by atoms with Crippen LogP contribution in [0.15, 0.2) is 48.5 Å². The molecule has 0 aliphatic heterocycles. The van der Waals surface area contributed by atoms with Gasteiger partial charge in [-0.05, 0) is 67.3 Å². The molecule has 0 N–H and O–H groups in total. The van der Waals surface area contributed by atoms with Gasteiger partial charge in [0.15, 0.2) is 0 Å². The zero-order chi connectivity index (χ0) is 24.6. The van der Waals surface area contributed by atoms with Gasteiger partial charge in [0.25, 0.3) is 0 Å². The van der Waals surface area contributed by atoms with Crippen LogP contribution in [0.25, 0.3) is 0 Å². The van der Waals surface area contributed by atoms with Crippen molar-refractivity contribution in [3.63, 3.8) is 0 Å². The van der Waals surface area contributed by atoms with Crippen LogP contribution in [0.5, 0.6) is 17.2 Å². The molecule has 0 aliphatic rings. The van der Waals surface area contributed by atoms with Crippen molar-refractivity contribution in [3.8, 4) is 17.2 Å². The number of hydrogen-bond acceptors (Lipinski definition) is 4. The molecule has 2 aromatic carbocycles. The molecule has 188 valence electrons. The minimum Gasteiger partial charge on any atom is -0.494 e. The van der Waals surface area contributed by atoms with E-state index < -0.39 is 12.1 Å². The monoisotopic (exact) mass is 472 g/mol. The zero-order valence-corrected chi connectivity index (χ0v) is 21.1. The quantitative estimate of drug-likeness (QED) is 0.132. The summed E-state index contributed by atoms with van der Waals surface area (Å²) in [5.41, 5.74) is 0.404. The molecule has 34 heavy (non-hydrogen) atoms. The highest BCUT2D eigenvalue weighted by Gasteiger charge is 2.12. The number of hydrogen-bond donors (Lipinski definition) is 0. The van der Waals surface area contributed by atoms with Crippen molar-refractivity contribution in [2.24, 2.45) is 5.92 Å². The molecule has 5 heteroatoms. The highest BCUT2D eigenvalue weighted by molar-refractivity contribution is 5.91. The van der Waals surface area contributed by atoms with Crippen LogP contribution in [-0.4, -0.2) is 25.4 Å². The summed E-state index contributed by atoms with van der Waals surface area (Å²) in [5.74, 6) is 1.58. The van der Waals surface area contributed by atoms with Crippen molar-refractivity contribution < 1.29 is 23.4 Å². The van der Waals surface area contributed by atoms with E-state index in [1.807, 2.05) is 26.0 Å². The first kappa shape index (κ1) is 27.7. The Morgan fingerprint density at radius 3 is 1.91 bits per heavy atom. The third-order valence-corrected chi connectivity index (χ3v) is 5.55. The first-order valence-corrected chi connectivity index (χ1v) is 12.8. The Morgan fingerprint density at radius 2 is 1.29 bits per heavy atom. The van der Waals surface area contributed by atoms with Crippen LogP contribution in [0.3, 0.4) is 0 Å². The van der Waals surface area contributed by atoms with Crippen molar-refractivity contribution >= 4 is 5.97 Å². The van der Waals surface area contributed by atoms with Gasteiger partial charge in [-0.2, -0.15) is 0 Å². The van der Waals surface area contributed by atoms with Gasteiger partial charge in [0.2, 0.25) is 0 Å². The molecule has 2 rings (SSSR count). The average molecular weight is 473 g/mol. The van der Waals surface area contributed by atoms with Crippen molar-refractivity contribution in [2.75, 3.05) is 13.2 Å². The molecule has 0 fully saturated rings. The van der Waals surface area contributed by atoms with Crippen LogP contribution in [0, 0.1) is 5.92 Å². The van der Waals surface area contributed by atoms with Gasteiger partial charge in [0, 0.05) is 0 Å². The predicted molar refractivity (Wildman–Crippen MR) is 136 cm³/mol. The number of esters is 1. The second-order valence-electron chi connectivity index (χ2n) is 9.25. The summed E-state index contributed by atoms with van der Waals surface area (Å²) in [6.45, 7) is 6.90. The molecule has 1 atom stereocenters. The maximum absolute atomic E-state index is 13.8. The highest BCUT2D eigenvalue weighted by Crippen LogP contribution is 2.20. The standard InChI is InChI=1S/C29H41FO4/c1-4-5-6-7-8-9-10-11-20-32-26-16-18-28(19-17-26)34-29(31)24-12-14-27(15-13-24)33-22-25(30)21-23(2)3/h12-19,23,25H,4-11,20-22H2,1-3H3. The molecule has 0 spiro atoms. The molecule has 0 amide bonds. The van der Waals surface area contributed by atoms with Gasteiger partial charge in [-0.25, -0.2) is 9.18 Å². The minimum atomic E-state index is -1.00. The maximum Gasteiger partial charge on any atom is 0.343 e. The van der Waals surface area contributed by atoms with Gasteiger partial charge in [0.05, 0.1) is 12.2 Å². The van der Waals surface area contributed by atoms with E-state index in [0.717, 1.165) is 12.2 Å². The van der Waals surface area contributed by atoms with Crippen LogP contribution in [0.2, 0.25) is 0 Å². The second-order valence-corrected chi connectivity index (χ2v) is 9.25. The third kappa shape index (κ3) is 11.5. The summed E-state index contributed by atoms with van der Waals surface area (Å²) in [6.07, 6.45) is 9.60. The molecule has 2 aromatic rings. The highest BCUT2D eigenvalue weighted by atomic mass is 19.1. The lowest BCUT2D eigenvalue weighted by atomic mass is 10.1. The number of alkyl halides is 1. The van der Waals surface area contributed by atoms with E-state index in [1.165, 1.54) is 44.9 Å². The molecule has 0 aliphatic carbocycles. The van der Waals surface area contributed by atoms with Gasteiger partial charge in [-0.1, -0.05) is 65.7 Å². The number of halogens is 1. The van der Waals surface area contributed by atoms with Crippen molar-refractivity contribution in [2.45, 2.75) is 84.7 Å². The number of ether oxygens (including phenoxy) is 3. The zero-order valence-electron chi connectivity index (χ0n) is 21.1. The Balaban J connectivity index is 1.67. The third-order valence-electron chi connectivity index (χ3n) is 5.55. The SMILES string of the molecule is CCCCCCCCCCOc1ccc(OC(=O)c2ccc(OCC(F)CC(C)C)cc2)cc1. The molecule has 0 saturated heterocycles. The van der Waals surface area contributed by atoms with E-state index in [-0.39, 0.29) is 12.5 Å². The van der Waals surface area contributed by atoms with Gasteiger partial charge in [-0.3, -0.25) is 0 Å². The smallest absolute Gasteiger partial charge is 0.343 e. The van der Waals surface area contributed by atoms with Crippen LogP contribution in [-0.2, 0) is 0 Å². The van der Waals surface area contributed by atoms with Gasteiger partial charge >= 0.3 is 5.97 Å². The van der Waals surface area contributed by atoms with Crippen molar-refractivity contribution in [1.82, 2.24) is 0 Å². The van der Waals surface area contributed by atoms with E-state index in [9.17, 15) is 9.18 Å². The summed E-state index contributed by atoms with van der Waals surface area (Å²) >= 11 is 0. The molecule has 0 bridgehead atoms. The fourth-order valence-corrected chi connectivity index (χ4v) is 3.65. The van der Waals surface area contributed by atoms with E-state index >= 15 is 0 Å². The average Bonchev–Trinajstić information content (AvgIpc) is 2.82. The first-order chi connectivity index (χ1) is 16.5. The Kier molecular flexibility index (Phi) is 13.1. The molecule has 0 heterocycles. The Hall–Kier alpha value is -2.56. The van der Waals surface area contributed by atoms with E-state index in [0.29, 0.717) is 30.1 Å². The van der Waals surface area contributed by atoms with Crippen LogP contribution in [0.1, 0.15) is 88.9 Å². The number of unbranched alkanes of at least 4 members (excludes halogenated alkanes) is 7. The maximum atomic E-state index is 13.8. The van der Waals surface area contributed by atoms with E-state index in [2.05, 4.69) is 6.92 Å². The van der Waals surface area contributed by atoms with Gasteiger partial charge < -0.3 is 14.2 Å². The fraction of sp³-hybridized carbons (Fsp3) is 0.552. The number of carbonyl (C=O) groups excluding carboxylic acids is 1. The molecule has 0 radical (unpaired) electrons. The van der Waals surface area contributed by atoms with Crippen molar-refractivity contribution in [1.29, 1.82) is 0 Å². The number of carbonyl (C=O) groups is 1. The topological polar surface area (TPSA) is 44.8 Å². The van der Waals surface area contributed by atoms with Gasteiger partial charge in [0.1, 0.15) is 30.0 Å². The number of benzene rings is 2. The molecule has 0 saturated carbocycles. The summed E-state index contributed by atoms with van der Waals surface area (Å²) < 4.78 is 30.5. The Bertz CT molecular complexity index is 802. The largest absolute Gasteiger partial charge is 0.494 e.